The number of hydrogen-bond donors (Lipinski definition) is 3. The van der Waals surface area contributed by atoms with Crippen molar-refractivity contribution >= 4 is 12.1 Å². The van der Waals surface area contributed by atoms with Crippen LogP contribution in [0, 0.1) is 0 Å². The number of hydrogen-bond acceptors (Lipinski definition) is 5. The third-order valence-corrected chi connectivity index (χ3v) is 3.87. The van der Waals surface area contributed by atoms with Crippen molar-refractivity contribution in [2.24, 2.45) is 4.99 Å². The fraction of sp³-hybridized carbons (Fsp3) is 0.706. The minimum Gasteiger partial charge on any atom is -0.444 e. The number of aliphatic imine (C=N–C) groups is 1. The molecule has 0 saturated heterocycles. The van der Waals surface area contributed by atoms with Crippen LogP contribution in [0.15, 0.2) is 21.8 Å². The minimum absolute atomic E-state index is 0.413. The van der Waals surface area contributed by atoms with Crippen LogP contribution >= 0.6 is 0 Å². The summed E-state index contributed by atoms with van der Waals surface area (Å²) in [6.07, 6.45) is 2.63. The summed E-state index contributed by atoms with van der Waals surface area (Å²) in [5.74, 6) is 0.625. The number of ether oxygens (including phenoxy) is 1. The van der Waals surface area contributed by atoms with Gasteiger partial charge in [-0.25, -0.2) is 4.79 Å². The number of guanidine groups is 1. The maximum atomic E-state index is 12.2. The fourth-order valence-electron chi connectivity index (χ4n) is 2.22. The molecule has 1 heterocycles. The molecular weight excluding hydrogens is 322 g/mol. The highest BCUT2D eigenvalue weighted by atomic mass is 16.6. The van der Waals surface area contributed by atoms with E-state index in [-0.39, 0.29) is 0 Å². The number of nitrogens with one attached hydrogen (secondary N) is 3. The number of nitrogens with zero attached hydrogens (tertiary/aromatic N) is 2. The lowest BCUT2D eigenvalue weighted by Crippen LogP contribution is -2.57. The van der Waals surface area contributed by atoms with Crippen LogP contribution < -0.4 is 16.0 Å². The lowest BCUT2D eigenvalue weighted by molar-refractivity contribution is 0.0448. The number of amides is 1. The van der Waals surface area contributed by atoms with Crippen molar-refractivity contribution < 1.29 is 14.1 Å². The third-order valence-electron chi connectivity index (χ3n) is 3.87. The second-order valence-electron chi connectivity index (χ2n) is 6.88. The van der Waals surface area contributed by atoms with Gasteiger partial charge in [0.25, 0.3) is 0 Å². The average molecular weight is 353 g/mol. The van der Waals surface area contributed by atoms with Crippen molar-refractivity contribution in [2.75, 3.05) is 13.6 Å². The summed E-state index contributed by atoms with van der Waals surface area (Å²) in [7, 11) is 1.69. The van der Waals surface area contributed by atoms with Gasteiger partial charge in [-0.15, -0.1) is 0 Å². The van der Waals surface area contributed by atoms with Gasteiger partial charge in [-0.3, -0.25) is 4.99 Å². The molecule has 0 bridgehead atoms. The van der Waals surface area contributed by atoms with Gasteiger partial charge in [0.15, 0.2) is 5.96 Å². The first-order valence-corrected chi connectivity index (χ1v) is 8.58. The first kappa shape index (κ1) is 20.8. The number of carbonyl (C=O) groups excluding carboxylic acids is 1. The maximum absolute atomic E-state index is 12.2. The zero-order chi connectivity index (χ0) is 18.9. The topological polar surface area (TPSA) is 101 Å². The Balaban J connectivity index is 2.61. The summed E-state index contributed by atoms with van der Waals surface area (Å²) in [5.41, 5.74) is -0.166. The smallest absolute Gasteiger partial charge is 0.408 e. The predicted octanol–water partition coefficient (Wildman–Crippen LogP) is 2.42. The van der Waals surface area contributed by atoms with E-state index in [4.69, 9.17) is 9.26 Å². The molecule has 8 nitrogen and oxygen atoms in total. The summed E-state index contributed by atoms with van der Waals surface area (Å²) < 4.78 is 10.2. The SMILES string of the molecule is CCC(CC)(CNC(=NC)NCc1ccon1)NC(=O)OC(C)(C)C. The van der Waals surface area contributed by atoms with E-state index in [1.807, 2.05) is 34.6 Å². The standard InChI is InChI=1S/C17H31N5O3/c1-7-17(8-2,21-15(23)25-16(3,4)5)12-20-14(18-6)19-11-13-9-10-24-22-13/h9-10H,7-8,11-12H2,1-6H3,(H,21,23)(H2,18,19,20). The summed E-state index contributed by atoms with van der Waals surface area (Å²) >= 11 is 0. The van der Waals surface area contributed by atoms with Gasteiger partial charge in [0.2, 0.25) is 0 Å². The quantitative estimate of drug-likeness (QED) is 0.514. The number of alkyl carbamates (subject to hydrolysis) is 1. The largest absolute Gasteiger partial charge is 0.444 e. The molecule has 1 rings (SSSR count). The zero-order valence-electron chi connectivity index (χ0n) is 16.1. The maximum Gasteiger partial charge on any atom is 0.408 e. The van der Waals surface area contributed by atoms with Crippen molar-refractivity contribution in [1.29, 1.82) is 0 Å². The van der Waals surface area contributed by atoms with Crippen LogP contribution in [-0.2, 0) is 11.3 Å². The Morgan fingerprint density at radius 1 is 1.28 bits per heavy atom. The van der Waals surface area contributed by atoms with E-state index >= 15 is 0 Å². The Morgan fingerprint density at radius 3 is 2.44 bits per heavy atom. The van der Waals surface area contributed by atoms with Gasteiger partial charge < -0.3 is 25.2 Å². The minimum atomic E-state index is -0.528. The van der Waals surface area contributed by atoms with Crippen molar-refractivity contribution in [3.8, 4) is 0 Å². The molecule has 0 atom stereocenters. The molecular formula is C17H31N5O3. The Labute approximate surface area is 149 Å². The monoisotopic (exact) mass is 353 g/mol. The highest BCUT2D eigenvalue weighted by Crippen LogP contribution is 2.16. The molecule has 0 saturated carbocycles. The van der Waals surface area contributed by atoms with Crippen LogP contribution in [0.2, 0.25) is 0 Å². The van der Waals surface area contributed by atoms with Crippen LogP contribution in [0.1, 0.15) is 53.2 Å². The molecule has 0 spiro atoms. The van der Waals surface area contributed by atoms with E-state index in [9.17, 15) is 4.79 Å². The van der Waals surface area contributed by atoms with Crippen LogP contribution in [-0.4, -0.2) is 41.9 Å². The second kappa shape index (κ2) is 9.29. The van der Waals surface area contributed by atoms with E-state index in [0.717, 1.165) is 18.5 Å². The van der Waals surface area contributed by atoms with Gasteiger partial charge in [-0.1, -0.05) is 19.0 Å². The molecule has 0 unspecified atom stereocenters. The number of carbonyl (C=O) groups is 1. The molecule has 1 amide bonds. The summed E-state index contributed by atoms with van der Waals surface area (Å²) in [6.45, 7) is 10.6. The average Bonchev–Trinajstić information content (AvgIpc) is 3.05. The van der Waals surface area contributed by atoms with E-state index in [1.165, 1.54) is 6.26 Å². The van der Waals surface area contributed by atoms with Crippen LogP contribution in [0.5, 0.6) is 0 Å². The molecule has 0 aliphatic carbocycles. The third kappa shape index (κ3) is 7.45. The summed E-state index contributed by atoms with van der Waals surface area (Å²) in [6, 6.07) is 1.78. The highest BCUT2D eigenvalue weighted by Gasteiger charge is 2.30. The second-order valence-corrected chi connectivity index (χ2v) is 6.88. The van der Waals surface area contributed by atoms with E-state index in [0.29, 0.717) is 19.0 Å². The van der Waals surface area contributed by atoms with E-state index in [2.05, 4.69) is 26.1 Å². The van der Waals surface area contributed by atoms with Crippen LogP contribution in [0.25, 0.3) is 0 Å². The van der Waals surface area contributed by atoms with E-state index < -0.39 is 17.2 Å². The van der Waals surface area contributed by atoms with Gasteiger partial charge in [-0.2, -0.15) is 0 Å². The van der Waals surface area contributed by atoms with Gasteiger partial charge in [0.05, 0.1) is 12.1 Å². The molecule has 25 heavy (non-hydrogen) atoms. The summed E-state index contributed by atoms with van der Waals surface area (Å²) in [5, 5.41) is 13.3. The lowest BCUT2D eigenvalue weighted by Gasteiger charge is -2.34. The zero-order valence-corrected chi connectivity index (χ0v) is 16.1. The fourth-order valence-corrected chi connectivity index (χ4v) is 2.22. The van der Waals surface area contributed by atoms with Crippen LogP contribution in [0.3, 0.4) is 0 Å². The van der Waals surface area contributed by atoms with Crippen molar-refractivity contribution in [3.05, 3.63) is 18.0 Å². The Kier molecular flexibility index (Phi) is 7.73. The number of aromatic nitrogens is 1. The molecule has 0 aliphatic heterocycles. The van der Waals surface area contributed by atoms with Crippen molar-refractivity contribution in [3.63, 3.8) is 0 Å². The van der Waals surface area contributed by atoms with Gasteiger partial charge in [0, 0.05) is 19.7 Å². The lowest BCUT2D eigenvalue weighted by atomic mass is 9.93. The molecule has 0 radical (unpaired) electrons. The molecule has 8 heteroatoms. The number of rotatable bonds is 7. The Bertz CT molecular complexity index is 545. The Hall–Kier alpha value is -2.25. The molecule has 0 aliphatic rings. The molecule has 0 aromatic carbocycles. The van der Waals surface area contributed by atoms with Gasteiger partial charge in [-0.05, 0) is 33.6 Å². The van der Waals surface area contributed by atoms with Gasteiger partial charge >= 0.3 is 6.09 Å². The Morgan fingerprint density at radius 2 is 1.96 bits per heavy atom. The first-order chi connectivity index (χ1) is 11.7. The molecule has 1 aromatic heterocycles. The molecule has 142 valence electrons. The summed E-state index contributed by atoms with van der Waals surface area (Å²) in [4.78, 5) is 16.4. The molecule has 1 aromatic rings. The van der Waals surface area contributed by atoms with Crippen molar-refractivity contribution in [2.45, 2.75) is 65.1 Å². The molecule has 0 fully saturated rings. The van der Waals surface area contributed by atoms with Crippen LogP contribution in [0.4, 0.5) is 4.79 Å². The first-order valence-electron chi connectivity index (χ1n) is 8.58. The van der Waals surface area contributed by atoms with Gasteiger partial charge in [0.1, 0.15) is 17.6 Å². The normalized spacial score (nSPS) is 12.6. The molecule has 3 N–H and O–H groups in total. The van der Waals surface area contributed by atoms with Crippen molar-refractivity contribution in [1.82, 2.24) is 21.1 Å². The predicted molar refractivity (Wildman–Crippen MR) is 97.4 cm³/mol. The highest BCUT2D eigenvalue weighted by molar-refractivity contribution is 5.79. The van der Waals surface area contributed by atoms with E-state index in [1.54, 1.807) is 13.1 Å².